The predicted octanol–water partition coefficient (Wildman–Crippen LogP) is 7.05. The van der Waals surface area contributed by atoms with Crippen molar-refractivity contribution in [2.24, 2.45) is 0 Å². The maximum Gasteiger partial charge on any atom is 0.343 e. The lowest BCUT2D eigenvalue weighted by molar-refractivity contribution is 0.0734. The van der Waals surface area contributed by atoms with Crippen LogP contribution in [0.15, 0.2) is 112 Å². The number of terminal acetylenes is 1. The second-order valence-electron chi connectivity index (χ2n) is 9.54. The van der Waals surface area contributed by atoms with Crippen LogP contribution in [0.4, 0.5) is 0 Å². The number of carbonyl (C=O) groups excluding carboxylic acids is 1. The molecular formula is C34H26O6. The first-order valence-corrected chi connectivity index (χ1v) is 12.7. The molecule has 0 N–H and O–H groups in total. The number of hydrogen-bond acceptors (Lipinski definition) is 6. The van der Waals surface area contributed by atoms with Crippen LogP contribution in [0.5, 0.6) is 17.2 Å². The summed E-state index contributed by atoms with van der Waals surface area (Å²) < 4.78 is 24.2. The largest absolute Gasteiger partial charge is 0.481 e. The number of benzene rings is 4. The van der Waals surface area contributed by atoms with E-state index in [9.17, 15) is 9.59 Å². The smallest absolute Gasteiger partial charge is 0.343 e. The van der Waals surface area contributed by atoms with Crippen molar-refractivity contribution in [1.29, 1.82) is 0 Å². The molecule has 0 aliphatic carbocycles. The van der Waals surface area contributed by atoms with E-state index >= 15 is 0 Å². The second-order valence-corrected chi connectivity index (χ2v) is 9.54. The molecule has 1 aromatic heterocycles. The Morgan fingerprint density at radius 2 is 1.52 bits per heavy atom. The molecule has 1 heterocycles. The Bertz CT molecular complexity index is 1750. The molecule has 0 aliphatic rings. The molecule has 5 aromatic rings. The first kappa shape index (κ1) is 26.3. The van der Waals surface area contributed by atoms with Crippen LogP contribution in [-0.2, 0) is 6.61 Å². The van der Waals surface area contributed by atoms with E-state index in [2.05, 4.69) is 5.92 Å². The summed E-state index contributed by atoms with van der Waals surface area (Å²) in [5.41, 5.74) is 0.517. The molecule has 0 amide bonds. The molecule has 198 valence electrons. The molecular weight excluding hydrogens is 504 g/mol. The normalized spacial score (nSPS) is 11.0. The van der Waals surface area contributed by atoms with Gasteiger partial charge in [0, 0.05) is 17.7 Å². The third kappa shape index (κ3) is 5.74. The average Bonchev–Trinajstić information content (AvgIpc) is 2.97. The Morgan fingerprint density at radius 3 is 2.17 bits per heavy atom. The van der Waals surface area contributed by atoms with E-state index < -0.39 is 17.0 Å². The van der Waals surface area contributed by atoms with Gasteiger partial charge in [-0.2, -0.15) is 0 Å². The monoisotopic (exact) mass is 530 g/mol. The summed E-state index contributed by atoms with van der Waals surface area (Å²) in [6.07, 6.45) is 5.69. The minimum absolute atomic E-state index is 0.0277. The number of hydrogen-bond donors (Lipinski definition) is 0. The van der Waals surface area contributed by atoms with E-state index in [1.54, 1.807) is 44.2 Å². The first-order chi connectivity index (χ1) is 19.3. The van der Waals surface area contributed by atoms with E-state index in [1.807, 2.05) is 60.7 Å². The minimum Gasteiger partial charge on any atom is -0.481 e. The molecule has 6 nitrogen and oxygen atoms in total. The number of rotatable bonds is 8. The van der Waals surface area contributed by atoms with E-state index in [4.69, 9.17) is 25.1 Å². The van der Waals surface area contributed by atoms with Gasteiger partial charge in [-0.25, -0.2) is 4.79 Å². The number of ether oxygens (including phenoxy) is 3. The lowest BCUT2D eigenvalue weighted by Gasteiger charge is -2.22. The third-order valence-electron chi connectivity index (χ3n) is 6.09. The molecule has 0 bridgehead atoms. The summed E-state index contributed by atoms with van der Waals surface area (Å²) in [6, 6.07) is 30.2. The molecule has 0 unspecified atom stereocenters. The molecule has 0 saturated heterocycles. The SMILES string of the molecule is C#CC(C)(C)Oc1cc(OC(=O)c2ccccc2)cc2oc(-c3ccccc3)c(OCc3ccccc3)c(=O)c12. The summed E-state index contributed by atoms with van der Waals surface area (Å²) >= 11 is 0. The second kappa shape index (κ2) is 11.2. The topological polar surface area (TPSA) is 75.0 Å². The lowest BCUT2D eigenvalue weighted by atomic mass is 10.1. The molecule has 0 fully saturated rings. The van der Waals surface area contributed by atoms with Crippen molar-refractivity contribution < 1.29 is 23.4 Å². The molecule has 0 saturated carbocycles. The molecule has 0 spiro atoms. The highest BCUT2D eigenvalue weighted by atomic mass is 16.5. The van der Waals surface area contributed by atoms with Gasteiger partial charge in [0.2, 0.25) is 11.2 Å². The predicted molar refractivity (Wildman–Crippen MR) is 154 cm³/mol. The highest BCUT2D eigenvalue weighted by molar-refractivity contribution is 5.93. The zero-order valence-corrected chi connectivity index (χ0v) is 22.0. The summed E-state index contributed by atoms with van der Waals surface area (Å²) in [5, 5.41) is 0.116. The fraction of sp³-hybridized carbons (Fsp3) is 0.118. The van der Waals surface area contributed by atoms with Gasteiger partial charge in [0.25, 0.3) is 0 Å². The van der Waals surface area contributed by atoms with Gasteiger partial charge in [0.1, 0.15) is 29.1 Å². The Kier molecular flexibility index (Phi) is 7.39. The Balaban J connectivity index is 1.69. The van der Waals surface area contributed by atoms with E-state index in [1.165, 1.54) is 12.1 Å². The van der Waals surface area contributed by atoms with Crippen LogP contribution < -0.4 is 19.6 Å². The molecule has 0 aliphatic heterocycles. The average molecular weight is 531 g/mol. The zero-order valence-electron chi connectivity index (χ0n) is 22.0. The van der Waals surface area contributed by atoms with Gasteiger partial charge in [0.15, 0.2) is 11.4 Å². The fourth-order valence-electron chi connectivity index (χ4n) is 4.07. The van der Waals surface area contributed by atoms with Crippen molar-refractivity contribution in [3.05, 3.63) is 124 Å². The fourth-order valence-corrected chi connectivity index (χ4v) is 4.07. The van der Waals surface area contributed by atoms with Crippen LogP contribution in [0, 0.1) is 12.3 Å². The summed E-state index contributed by atoms with van der Waals surface area (Å²) in [4.78, 5) is 26.9. The van der Waals surface area contributed by atoms with Gasteiger partial charge in [-0.1, -0.05) is 84.8 Å². The van der Waals surface area contributed by atoms with Gasteiger partial charge in [0.05, 0.1) is 5.56 Å². The maximum atomic E-state index is 14.1. The van der Waals surface area contributed by atoms with E-state index in [0.29, 0.717) is 11.1 Å². The Morgan fingerprint density at radius 1 is 0.900 bits per heavy atom. The van der Waals surface area contributed by atoms with Gasteiger partial charge in [-0.15, -0.1) is 6.42 Å². The molecule has 0 radical (unpaired) electrons. The van der Waals surface area contributed by atoms with Gasteiger partial charge in [-0.05, 0) is 31.5 Å². The standard InChI is InChI=1S/C34H26O6/c1-4-34(2,3)40-28-21-26(38-33(36)25-18-12-7-13-19-25)20-27-29(28)30(35)32(37-22-23-14-8-5-9-15-23)31(39-27)24-16-10-6-11-17-24/h1,5-21H,22H2,2-3H3. The lowest BCUT2D eigenvalue weighted by Crippen LogP contribution is -2.26. The van der Waals surface area contributed by atoms with Crippen molar-refractivity contribution >= 4 is 16.9 Å². The minimum atomic E-state index is -1.08. The summed E-state index contributed by atoms with van der Waals surface area (Å²) in [7, 11) is 0. The highest BCUT2D eigenvalue weighted by Gasteiger charge is 2.25. The molecule has 0 atom stereocenters. The van der Waals surface area contributed by atoms with Crippen LogP contribution in [0.1, 0.15) is 29.8 Å². The van der Waals surface area contributed by atoms with Crippen LogP contribution in [0.25, 0.3) is 22.3 Å². The van der Waals surface area contributed by atoms with Crippen LogP contribution >= 0.6 is 0 Å². The molecule has 4 aromatic carbocycles. The molecule has 40 heavy (non-hydrogen) atoms. The molecule has 5 rings (SSSR count). The zero-order chi connectivity index (χ0) is 28.1. The number of fused-ring (bicyclic) bond motifs is 1. The first-order valence-electron chi connectivity index (χ1n) is 12.7. The van der Waals surface area contributed by atoms with Gasteiger partial charge < -0.3 is 18.6 Å². The summed E-state index contributed by atoms with van der Waals surface area (Å²) in [5.74, 6) is 2.49. The van der Waals surface area contributed by atoms with Crippen LogP contribution in [0.2, 0.25) is 0 Å². The van der Waals surface area contributed by atoms with Crippen LogP contribution in [-0.4, -0.2) is 11.6 Å². The van der Waals surface area contributed by atoms with Crippen molar-refractivity contribution in [1.82, 2.24) is 0 Å². The van der Waals surface area contributed by atoms with Gasteiger partial charge >= 0.3 is 5.97 Å². The Labute approximate surface area is 231 Å². The van der Waals surface area contributed by atoms with E-state index in [-0.39, 0.29) is 40.6 Å². The summed E-state index contributed by atoms with van der Waals surface area (Å²) in [6.45, 7) is 3.53. The number of carbonyl (C=O) groups is 1. The van der Waals surface area contributed by atoms with Crippen molar-refractivity contribution in [3.8, 4) is 40.9 Å². The van der Waals surface area contributed by atoms with E-state index in [0.717, 1.165) is 5.56 Å². The highest BCUT2D eigenvalue weighted by Crippen LogP contribution is 2.38. The maximum absolute atomic E-state index is 14.1. The van der Waals surface area contributed by atoms with Crippen molar-refractivity contribution in [2.75, 3.05) is 0 Å². The quantitative estimate of drug-likeness (QED) is 0.122. The van der Waals surface area contributed by atoms with Gasteiger partial charge in [-0.3, -0.25) is 4.79 Å². The third-order valence-corrected chi connectivity index (χ3v) is 6.09. The Hall–Kier alpha value is -5.28. The number of esters is 1. The molecule has 6 heteroatoms. The van der Waals surface area contributed by atoms with Crippen LogP contribution in [0.3, 0.4) is 0 Å². The van der Waals surface area contributed by atoms with Crippen molar-refractivity contribution in [2.45, 2.75) is 26.1 Å². The van der Waals surface area contributed by atoms with Crippen molar-refractivity contribution in [3.63, 3.8) is 0 Å².